The van der Waals surface area contributed by atoms with Crippen molar-refractivity contribution in [2.75, 3.05) is 7.11 Å². The summed E-state index contributed by atoms with van der Waals surface area (Å²) in [7, 11) is 1.55. The number of methoxy groups -OCH3 is 1. The van der Waals surface area contributed by atoms with Crippen LogP contribution in [0.15, 0.2) is 48.5 Å². The molecule has 0 aliphatic heterocycles. The number of nitrogens with one attached hydrogen (secondary N) is 1. The van der Waals surface area contributed by atoms with Gasteiger partial charge in [0.15, 0.2) is 0 Å². The number of benzene rings is 2. The summed E-state index contributed by atoms with van der Waals surface area (Å²) >= 11 is 0. The van der Waals surface area contributed by atoms with Crippen LogP contribution in [0.2, 0.25) is 0 Å². The summed E-state index contributed by atoms with van der Waals surface area (Å²) in [6, 6.07) is 12.9. The summed E-state index contributed by atoms with van der Waals surface area (Å²) in [6.45, 7) is 4.98. The first-order chi connectivity index (χ1) is 15.6. The number of amides is 1. The average Bonchev–Trinajstić information content (AvgIpc) is 3.12. The van der Waals surface area contributed by atoms with E-state index in [4.69, 9.17) is 9.47 Å². The molecular formula is C24H26F3N3O3. The van der Waals surface area contributed by atoms with Crippen molar-refractivity contribution >= 4 is 5.91 Å². The number of nitrogens with zero attached hydrogens (tertiary/aromatic N) is 2. The zero-order chi connectivity index (χ0) is 24.2. The van der Waals surface area contributed by atoms with Crippen LogP contribution in [0, 0.1) is 13.8 Å². The number of aryl methyl sites for hydroxylation is 2. The van der Waals surface area contributed by atoms with Crippen LogP contribution >= 0.6 is 0 Å². The monoisotopic (exact) mass is 461 g/mol. The molecule has 0 radical (unpaired) electrons. The third-order valence-corrected chi connectivity index (χ3v) is 5.11. The van der Waals surface area contributed by atoms with E-state index < -0.39 is 23.8 Å². The van der Waals surface area contributed by atoms with Crippen LogP contribution in [0.5, 0.6) is 5.75 Å². The average molecular weight is 461 g/mol. The molecule has 0 bridgehead atoms. The van der Waals surface area contributed by atoms with Gasteiger partial charge in [-0.1, -0.05) is 18.2 Å². The van der Waals surface area contributed by atoms with Crippen molar-refractivity contribution in [2.24, 2.45) is 0 Å². The summed E-state index contributed by atoms with van der Waals surface area (Å²) in [5, 5.41) is 6.78. The summed E-state index contributed by atoms with van der Waals surface area (Å²) in [4.78, 5) is 12.4. The second-order valence-electron chi connectivity index (χ2n) is 7.70. The van der Waals surface area contributed by atoms with Crippen molar-refractivity contribution in [1.29, 1.82) is 0 Å². The van der Waals surface area contributed by atoms with E-state index in [-0.39, 0.29) is 18.7 Å². The lowest BCUT2D eigenvalue weighted by molar-refractivity contribution is -0.139. The number of rotatable bonds is 8. The molecule has 33 heavy (non-hydrogen) atoms. The molecule has 0 aliphatic carbocycles. The second-order valence-corrected chi connectivity index (χ2v) is 7.70. The molecular weight excluding hydrogens is 435 g/mol. The van der Waals surface area contributed by atoms with Gasteiger partial charge in [0.05, 0.1) is 30.7 Å². The van der Waals surface area contributed by atoms with E-state index >= 15 is 0 Å². The first kappa shape index (κ1) is 24.3. The second kappa shape index (κ2) is 10.1. The fraction of sp³-hybridized carbons (Fsp3) is 0.333. The summed E-state index contributed by atoms with van der Waals surface area (Å²) in [5.74, 6) is 0.158. The van der Waals surface area contributed by atoms with E-state index in [1.54, 1.807) is 58.2 Å². The number of carbonyl (C=O) groups is 1. The molecule has 1 amide bonds. The van der Waals surface area contributed by atoms with Crippen LogP contribution in [0.1, 0.15) is 35.0 Å². The highest BCUT2D eigenvalue weighted by molar-refractivity contribution is 5.80. The Labute approximate surface area is 190 Å². The van der Waals surface area contributed by atoms with Gasteiger partial charge in [-0.05, 0) is 62.2 Å². The first-order valence-corrected chi connectivity index (χ1v) is 10.3. The Morgan fingerprint density at radius 3 is 2.55 bits per heavy atom. The highest BCUT2D eigenvalue weighted by Crippen LogP contribution is 2.33. The van der Waals surface area contributed by atoms with Crippen LogP contribution in [0.4, 0.5) is 13.2 Å². The van der Waals surface area contributed by atoms with Gasteiger partial charge in [0.25, 0.3) is 0 Å². The smallest absolute Gasteiger partial charge is 0.416 e. The Balaban J connectivity index is 1.68. The van der Waals surface area contributed by atoms with Gasteiger partial charge in [-0.15, -0.1) is 0 Å². The Hall–Kier alpha value is -3.33. The SMILES string of the molecule is COc1cccc(COC(C)C(=O)NCc2ccc(-n3nc(C)cc3C)cc2C(F)(F)F)c1. The Kier molecular flexibility index (Phi) is 7.43. The number of ether oxygens (including phenoxy) is 2. The van der Waals surface area contributed by atoms with E-state index in [0.717, 1.165) is 17.3 Å². The first-order valence-electron chi connectivity index (χ1n) is 10.3. The third kappa shape index (κ3) is 6.13. The molecule has 0 saturated carbocycles. The van der Waals surface area contributed by atoms with Gasteiger partial charge in [-0.25, -0.2) is 4.68 Å². The summed E-state index contributed by atoms with van der Waals surface area (Å²) in [5.41, 5.74) is 1.69. The lowest BCUT2D eigenvalue weighted by atomic mass is 10.1. The minimum absolute atomic E-state index is 0.0406. The minimum atomic E-state index is -4.58. The topological polar surface area (TPSA) is 65.4 Å². The fourth-order valence-corrected chi connectivity index (χ4v) is 3.39. The van der Waals surface area contributed by atoms with Gasteiger partial charge in [-0.3, -0.25) is 4.79 Å². The van der Waals surface area contributed by atoms with E-state index in [0.29, 0.717) is 17.1 Å². The molecule has 9 heteroatoms. The molecule has 1 N–H and O–H groups in total. The van der Waals surface area contributed by atoms with Crippen molar-refractivity contribution < 1.29 is 27.4 Å². The van der Waals surface area contributed by atoms with Crippen LogP contribution < -0.4 is 10.1 Å². The molecule has 1 aromatic heterocycles. The lowest BCUT2D eigenvalue weighted by Crippen LogP contribution is -2.34. The molecule has 2 aromatic carbocycles. The summed E-state index contributed by atoms with van der Waals surface area (Å²) < 4.78 is 53.4. The largest absolute Gasteiger partial charge is 0.497 e. The molecule has 176 valence electrons. The van der Waals surface area contributed by atoms with E-state index in [9.17, 15) is 18.0 Å². The zero-order valence-electron chi connectivity index (χ0n) is 18.9. The van der Waals surface area contributed by atoms with Crippen LogP contribution in [0.25, 0.3) is 5.69 Å². The van der Waals surface area contributed by atoms with Crippen molar-refractivity contribution in [3.8, 4) is 11.4 Å². The summed E-state index contributed by atoms with van der Waals surface area (Å²) in [6.07, 6.45) is -5.43. The predicted molar refractivity (Wildman–Crippen MR) is 117 cm³/mol. The molecule has 1 heterocycles. The third-order valence-electron chi connectivity index (χ3n) is 5.11. The van der Waals surface area contributed by atoms with Crippen LogP contribution in [-0.2, 0) is 28.9 Å². The minimum Gasteiger partial charge on any atom is -0.497 e. The number of aromatic nitrogens is 2. The molecule has 0 fully saturated rings. The molecule has 1 atom stereocenters. The predicted octanol–water partition coefficient (Wildman–Crippen LogP) is 4.74. The maximum atomic E-state index is 13.7. The number of hydrogen-bond acceptors (Lipinski definition) is 4. The maximum Gasteiger partial charge on any atom is 0.416 e. The fourth-order valence-electron chi connectivity index (χ4n) is 3.39. The Morgan fingerprint density at radius 1 is 1.15 bits per heavy atom. The van der Waals surface area contributed by atoms with Gasteiger partial charge in [0.2, 0.25) is 5.91 Å². The molecule has 3 aromatic rings. The van der Waals surface area contributed by atoms with E-state index in [1.165, 1.54) is 10.7 Å². The van der Waals surface area contributed by atoms with Gasteiger partial charge >= 0.3 is 6.18 Å². The van der Waals surface area contributed by atoms with E-state index in [2.05, 4.69) is 10.4 Å². The molecule has 0 spiro atoms. The Morgan fingerprint density at radius 2 is 1.91 bits per heavy atom. The van der Waals surface area contributed by atoms with Gasteiger partial charge in [0.1, 0.15) is 11.9 Å². The van der Waals surface area contributed by atoms with Crippen LogP contribution in [-0.4, -0.2) is 28.9 Å². The molecule has 1 unspecified atom stereocenters. The normalized spacial score (nSPS) is 12.5. The van der Waals surface area contributed by atoms with Crippen molar-refractivity contribution in [3.05, 3.63) is 76.6 Å². The van der Waals surface area contributed by atoms with Crippen molar-refractivity contribution in [1.82, 2.24) is 15.1 Å². The highest BCUT2D eigenvalue weighted by atomic mass is 19.4. The molecule has 3 rings (SSSR count). The van der Waals surface area contributed by atoms with E-state index in [1.807, 2.05) is 6.07 Å². The number of hydrogen-bond donors (Lipinski definition) is 1. The van der Waals surface area contributed by atoms with Crippen molar-refractivity contribution in [3.63, 3.8) is 0 Å². The molecule has 0 saturated heterocycles. The van der Waals surface area contributed by atoms with Crippen LogP contribution in [0.3, 0.4) is 0 Å². The number of alkyl halides is 3. The maximum absolute atomic E-state index is 13.7. The Bertz CT molecular complexity index is 1130. The standard InChI is InChI=1S/C24H26F3N3O3/c1-15-10-16(2)30(29-15)20-9-8-19(22(12-20)24(25,26)27)13-28-23(31)17(3)33-14-18-6-5-7-21(11-18)32-4/h5-12,17H,13-14H2,1-4H3,(H,28,31). The van der Waals surface area contributed by atoms with Gasteiger partial charge in [-0.2, -0.15) is 18.3 Å². The number of halogens is 3. The zero-order valence-corrected chi connectivity index (χ0v) is 18.9. The van der Waals surface area contributed by atoms with Crippen molar-refractivity contribution in [2.45, 2.75) is 46.2 Å². The quantitative estimate of drug-likeness (QED) is 0.526. The molecule has 0 aliphatic rings. The van der Waals surface area contributed by atoms with Gasteiger partial charge in [0, 0.05) is 12.2 Å². The lowest BCUT2D eigenvalue weighted by Gasteiger charge is -2.17. The number of carbonyl (C=O) groups excluding carboxylic acids is 1. The van der Waals surface area contributed by atoms with Gasteiger partial charge < -0.3 is 14.8 Å². The highest BCUT2D eigenvalue weighted by Gasteiger charge is 2.34. The molecule has 6 nitrogen and oxygen atoms in total.